The van der Waals surface area contributed by atoms with E-state index < -0.39 is 0 Å². The van der Waals surface area contributed by atoms with Gasteiger partial charge in [-0.15, -0.1) is 0 Å². The van der Waals surface area contributed by atoms with Gasteiger partial charge < -0.3 is 0 Å². The van der Waals surface area contributed by atoms with Gasteiger partial charge in [0.05, 0.1) is 9.26 Å². The van der Waals surface area contributed by atoms with Crippen molar-refractivity contribution in [3.05, 3.63) is 56.1 Å². The van der Waals surface area contributed by atoms with Crippen molar-refractivity contribution >= 4 is 34.2 Å². The zero-order valence-corrected chi connectivity index (χ0v) is 14.8. The lowest BCUT2D eigenvalue weighted by Crippen LogP contribution is -2.08. The highest BCUT2D eigenvalue weighted by molar-refractivity contribution is 14.1. The molecule has 0 saturated heterocycles. The molecule has 2 aromatic rings. The average Bonchev–Trinajstić information content (AvgIpc) is 3.03. The summed E-state index contributed by atoms with van der Waals surface area (Å²) >= 11 is 8.61. The van der Waals surface area contributed by atoms with Gasteiger partial charge >= 0.3 is 0 Å². The van der Waals surface area contributed by atoms with Crippen LogP contribution >= 0.6 is 34.2 Å². The van der Waals surface area contributed by atoms with Crippen LogP contribution in [0, 0.1) is 3.57 Å². The molecule has 0 unspecified atom stereocenters. The highest BCUT2D eigenvalue weighted by atomic mass is 127. The quantitative estimate of drug-likeness (QED) is 0.511. The molecule has 0 aliphatic heterocycles. The summed E-state index contributed by atoms with van der Waals surface area (Å²) in [6.45, 7) is 0. The van der Waals surface area contributed by atoms with Crippen molar-refractivity contribution in [3.63, 3.8) is 0 Å². The summed E-state index contributed by atoms with van der Waals surface area (Å²) in [5, 5.41) is 0.621. The van der Waals surface area contributed by atoms with Gasteiger partial charge in [0.25, 0.3) is 0 Å². The lowest BCUT2D eigenvalue weighted by Gasteiger charge is -2.13. The molecular formula is C17H18ClIN2. The van der Waals surface area contributed by atoms with Crippen LogP contribution in [-0.2, 0) is 12.8 Å². The highest BCUT2D eigenvalue weighted by Crippen LogP contribution is 2.36. The Balaban J connectivity index is 1.79. The monoisotopic (exact) mass is 412 g/mol. The van der Waals surface area contributed by atoms with E-state index in [1.807, 2.05) is 6.07 Å². The van der Waals surface area contributed by atoms with Crippen molar-refractivity contribution in [2.45, 2.75) is 44.4 Å². The second-order valence-electron chi connectivity index (χ2n) is 5.60. The van der Waals surface area contributed by atoms with E-state index in [1.54, 1.807) is 0 Å². The SMILES string of the molecule is Clc1nc(CCc2ccccc2)nc(C2CCCC2)c1I. The van der Waals surface area contributed by atoms with E-state index in [2.05, 4.69) is 51.8 Å². The summed E-state index contributed by atoms with van der Waals surface area (Å²) in [6, 6.07) is 10.5. The third kappa shape index (κ3) is 3.75. The topological polar surface area (TPSA) is 25.8 Å². The third-order valence-electron chi connectivity index (χ3n) is 4.10. The van der Waals surface area contributed by atoms with Crippen LogP contribution in [0.5, 0.6) is 0 Å². The predicted octanol–water partition coefficient (Wildman–Crippen LogP) is 5.18. The fourth-order valence-electron chi connectivity index (χ4n) is 2.96. The van der Waals surface area contributed by atoms with Crippen LogP contribution in [0.3, 0.4) is 0 Å². The lowest BCUT2D eigenvalue weighted by molar-refractivity contribution is 0.675. The molecule has 21 heavy (non-hydrogen) atoms. The minimum atomic E-state index is 0.577. The normalized spacial score (nSPS) is 15.5. The second-order valence-corrected chi connectivity index (χ2v) is 7.03. The highest BCUT2D eigenvalue weighted by Gasteiger charge is 2.23. The molecule has 1 aliphatic rings. The molecule has 4 heteroatoms. The molecule has 1 aliphatic carbocycles. The van der Waals surface area contributed by atoms with Gasteiger partial charge in [-0.25, -0.2) is 9.97 Å². The molecule has 1 saturated carbocycles. The molecule has 1 aromatic carbocycles. The van der Waals surface area contributed by atoms with Crippen molar-refractivity contribution < 1.29 is 0 Å². The Labute approximate surface area is 144 Å². The Bertz CT molecular complexity index is 610. The standard InChI is InChI=1S/C17H18ClIN2/c18-17-15(19)16(13-8-4-5-9-13)20-14(21-17)11-10-12-6-2-1-3-7-12/h1-3,6-7,13H,4-5,8-11H2. The zero-order valence-electron chi connectivity index (χ0n) is 11.9. The van der Waals surface area contributed by atoms with E-state index >= 15 is 0 Å². The minimum Gasteiger partial charge on any atom is -0.236 e. The molecule has 3 rings (SSSR count). The van der Waals surface area contributed by atoms with Gasteiger partial charge in [-0.05, 0) is 47.4 Å². The van der Waals surface area contributed by atoms with Gasteiger partial charge in [0.15, 0.2) is 0 Å². The summed E-state index contributed by atoms with van der Waals surface area (Å²) < 4.78 is 1.05. The van der Waals surface area contributed by atoms with Gasteiger partial charge in [-0.3, -0.25) is 0 Å². The number of nitrogens with zero attached hydrogens (tertiary/aromatic N) is 2. The van der Waals surface area contributed by atoms with E-state index in [1.165, 1.54) is 36.9 Å². The van der Waals surface area contributed by atoms with Crippen LogP contribution in [0.25, 0.3) is 0 Å². The van der Waals surface area contributed by atoms with Crippen molar-refractivity contribution in [3.8, 4) is 0 Å². The number of hydrogen-bond donors (Lipinski definition) is 0. The zero-order chi connectivity index (χ0) is 14.7. The van der Waals surface area contributed by atoms with E-state index in [0.29, 0.717) is 11.1 Å². The maximum atomic E-state index is 6.32. The molecule has 0 spiro atoms. The summed E-state index contributed by atoms with van der Waals surface area (Å²) in [5.74, 6) is 1.46. The van der Waals surface area contributed by atoms with Crippen LogP contribution in [0.15, 0.2) is 30.3 Å². The summed E-state index contributed by atoms with van der Waals surface area (Å²) in [4.78, 5) is 9.29. The molecule has 0 bridgehead atoms. The molecule has 110 valence electrons. The van der Waals surface area contributed by atoms with Crippen molar-refractivity contribution in [1.29, 1.82) is 0 Å². The smallest absolute Gasteiger partial charge is 0.146 e. The predicted molar refractivity (Wildman–Crippen MR) is 94.8 cm³/mol. The molecule has 1 heterocycles. The van der Waals surface area contributed by atoms with Crippen molar-refractivity contribution in [1.82, 2.24) is 9.97 Å². The number of hydrogen-bond acceptors (Lipinski definition) is 2. The minimum absolute atomic E-state index is 0.577. The number of halogens is 2. The van der Waals surface area contributed by atoms with E-state index in [0.717, 1.165) is 22.2 Å². The van der Waals surface area contributed by atoms with Gasteiger partial charge in [-0.2, -0.15) is 0 Å². The Kier molecular flexibility index (Phi) is 5.11. The van der Waals surface area contributed by atoms with Gasteiger partial charge in [0.2, 0.25) is 0 Å². The Morgan fingerprint density at radius 1 is 1.05 bits per heavy atom. The number of benzene rings is 1. The first-order chi connectivity index (χ1) is 10.2. The molecular weight excluding hydrogens is 395 g/mol. The second kappa shape index (κ2) is 7.05. The maximum absolute atomic E-state index is 6.32. The average molecular weight is 413 g/mol. The summed E-state index contributed by atoms with van der Waals surface area (Å²) in [7, 11) is 0. The van der Waals surface area contributed by atoms with Gasteiger partial charge in [-0.1, -0.05) is 54.8 Å². The van der Waals surface area contributed by atoms with E-state index in [9.17, 15) is 0 Å². The molecule has 0 radical (unpaired) electrons. The first kappa shape index (κ1) is 15.2. The van der Waals surface area contributed by atoms with Crippen LogP contribution in [0.2, 0.25) is 5.15 Å². The lowest BCUT2D eigenvalue weighted by atomic mass is 10.0. The molecule has 2 nitrogen and oxygen atoms in total. The van der Waals surface area contributed by atoms with Crippen LogP contribution < -0.4 is 0 Å². The van der Waals surface area contributed by atoms with E-state index in [-0.39, 0.29) is 0 Å². The van der Waals surface area contributed by atoms with Crippen LogP contribution in [0.4, 0.5) is 0 Å². The summed E-state index contributed by atoms with van der Waals surface area (Å²) in [5.41, 5.74) is 2.49. The van der Waals surface area contributed by atoms with Crippen LogP contribution in [0.1, 0.15) is 48.7 Å². The van der Waals surface area contributed by atoms with Crippen molar-refractivity contribution in [2.75, 3.05) is 0 Å². The Morgan fingerprint density at radius 2 is 1.76 bits per heavy atom. The first-order valence-electron chi connectivity index (χ1n) is 7.50. The maximum Gasteiger partial charge on any atom is 0.146 e. The first-order valence-corrected chi connectivity index (χ1v) is 8.95. The molecule has 0 amide bonds. The Morgan fingerprint density at radius 3 is 2.48 bits per heavy atom. The Hall–Kier alpha value is -0.680. The largest absolute Gasteiger partial charge is 0.236 e. The fourth-order valence-corrected chi connectivity index (χ4v) is 3.84. The van der Waals surface area contributed by atoms with Crippen LogP contribution in [-0.4, -0.2) is 9.97 Å². The van der Waals surface area contributed by atoms with Gasteiger partial charge in [0.1, 0.15) is 11.0 Å². The molecule has 0 atom stereocenters. The number of aromatic nitrogens is 2. The summed E-state index contributed by atoms with van der Waals surface area (Å²) in [6.07, 6.45) is 6.90. The third-order valence-corrected chi connectivity index (χ3v) is 5.76. The van der Waals surface area contributed by atoms with Crippen molar-refractivity contribution in [2.24, 2.45) is 0 Å². The molecule has 0 N–H and O–H groups in total. The number of aryl methyl sites for hydroxylation is 2. The fraction of sp³-hybridized carbons (Fsp3) is 0.412. The number of rotatable bonds is 4. The molecule has 1 fully saturated rings. The van der Waals surface area contributed by atoms with Gasteiger partial charge in [0, 0.05) is 12.3 Å². The molecule has 1 aromatic heterocycles. The van der Waals surface area contributed by atoms with E-state index in [4.69, 9.17) is 16.6 Å².